The number of nitrogens with one attached hydrogen (secondary N) is 1. The second-order valence-corrected chi connectivity index (χ2v) is 3.72. The molecule has 0 saturated carbocycles. The van der Waals surface area contributed by atoms with Crippen LogP contribution in [0.2, 0.25) is 0 Å². The number of hydrogen-bond donors (Lipinski definition) is 1. The first-order valence-electron chi connectivity index (χ1n) is 5.26. The van der Waals surface area contributed by atoms with Crippen molar-refractivity contribution < 1.29 is 18.0 Å². The molecular formula is C11H9F3N4O. The highest BCUT2D eigenvalue weighted by molar-refractivity contribution is 5.90. The lowest BCUT2D eigenvalue weighted by molar-refractivity contribution is -0.150. The van der Waals surface area contributed by atoms with E-state index in [-0.39, 0.29) is 5.69 Å². The van der Waals surface area contributed by atoms with Crippen LogP contribution in [0, 0.1) is 0 Å². The Kier molecular flexibility index (Phi) is 3.50. The van der Waals surface area contributed by atoms with Gasteiger partial charge in [0.2, 0.25) is 5.91 Å². The topological polar surface area (TPSA) is 59.8 Å². The smallest absolute Gasteiger partial charge is 0.323 e. The molecule has 0 bridgehead atoms. The summed E-state index contributed by atoms with van der Waals surface area (Å²) in [4.78, 5) is 15.0. The summed E-state index contributed by atoms with van der Waals surface area (Å²) in [6, 6.07) is 3.42. The van der Waals surface area contributed by atoms with E-state index in [1.54, 1.807) is 18.3 Å². The summed E-state index contributed by atoms with van der Waals surface area (Å²) in [6.45, 7) is 0. The number of amides is 1. The van der Waals surface area contributed by atoms with Crippen LogP contribution < -0.4 is 5.32 Å². The molecule has 2 heterocycles. The predicted octanol–water partition coefficient (Wildman–Crippen LogP) is 2.16. The zero-order valence-electron chi connectivity index (χ0n) is 9.55. The molecule has 0 radical (unpaired) electrons. The summed E-state index contributed by atoms with van der Waals surface area (Å²) in [7, 11) is 0. The lowest BCUT2D eigenvalue weighted by atomic mass is 10.4. The summed E-state index contributed by atoms with van der Waals surface area (Å²) in [5.74, 6) is -1.13. The van der Waals surface area contributed by atoms with Gasteiger partial charge in [0.1, 0.15) is 6.42 Å². The quantitative estimate of drug-likeness (QED) is 0.929. The van der Waals surface area contributed by atoms with Gasteiger partial charge in [0.25, 0.3) is 0 Å². The van der Waals surface area contributed by atoms with Crippen molar-refractivity contribution in [3.05, 3.63) is 36.9 Å². The van der Waals surface area contributed by atoms with Crippen molar-refractivity contribution in [3.8, 4) is 5.69 Å². The molecule has 0 fully saturated rings. The van der Waals surface area contributed by atoms with E-state index in [2.05, 4.69) is 15.4 Å². The second kappa shape index (κ2) is 5.09. The summed E-state index contributed by atoms with van der Waals surface area (Å²) < 4.78 is 37.4. The highest BCUT2D eigenvalue weighted by atomic mass is 19.4. The van der Waals surface area contributed by atoms with Gasteiger partial charge in [-0.15, -0.1) is 0 Å². The Morgan fingerprint density at radius 3 is 2.79 bits per heavy atom. The molecule has 19 heavy (non-hydrogen) atoms. The number of carbonyl (C=O) groups is 1. The van der Waals surface area contributed by atoms with Crippen LogP contribution in [-0.4, -0.2) is 26.8 Å². The number of anilines is 1. The van der Waals surface area contributed by atoms with E-state index in [1.807, 2.05) is 0 Å². The first-order chi connectivity index (χ1) is 8.94. The minimum absolute atomic E-state index is 0.193. The molecule has 0 unspecified atom stereocenters. The molecule has 0 aliphatic heterocycles. The second-order valence-electron chi connectivity index (χ2n) is 3.72. The molecular weight excluding hydrogens is 261 g/mol. The maximum Gasteiger partial charge on any atom is 0.397 e. The third-order valence-corrected chi connectivity index (χ3v) is 2.14. The fraction of sp³-hybridized carbons (Fsp3) is 0.182. The number of aromatic nitrogens is 3. The Hall–Kier alpha value is -2.38. The van der Waals surface area contributed by atoms with E-state index in [4.69, 9.17) is 0 Å². The van der Waals surface area contributed by atoms with Gasteiger partial charge in [-0.3, -0.25) is 9.78 Å². The van der Waals surface area contributed by atoms with Crippen LogP contribution in [-0.2, 0) is 4.79 Å². The van der Waals surface area contributed by atoms with Gasteiger partial charge < -0.3 is 5.32 Å². The maximum absolute atomic E-state index is 12.0. The van der Waals surface area contributed by atoms with Gasteiger partial charge in [-0.1, -0.05) is 0 Å². The fourth-order valence-electron chi connectivity index (χ4n) is 1.41. The van der Waals surface area contributed by atoms with E-state index < -0.39 is 18.5 Å². The van der Waals surface area contributed by atoms with E-state index in [0.717, 1.165) is 0 Å². The molecule has 0 aromatic carbocycles. The summed E-state index contributed by atoms with van der Waals surface area (Å²) >= 11 is 0. The van der Waals surface area contributed by atoms with Gasteiger partial charge >= 0.3 is 6.18 Å². The molecule has 1 N–H and O–H groups in total. The molecule has 8 heteroatoms. The monoisotopic (exact) mass is 270 g/mol. The van der Waals surface area contributed by atoms with E-state index in [1.165, 1.54) is 23.3 Å². The number of carbonyl (C=O) groups excluding carboxylic acids is 1. The van der Waals surface area contributed by atoms with Crippen molar-refractivity contribution in [1.82, 2.24) is 14.8 Å². The molecule has 1 amide bonds. The number of hydrogen-bond acceptors (Lipinski definition) is 3. The Morgan fingerprint density at radius 2 is 2.16 bits per heavy atom. The Labute approximate surface area is 106 Å². The van der Waals surface area contributed by atoms with Crippen LogP contribution in [0.5, 0.6) is 0 Å². The highest BCUT2D eigenvalue weighted by Gasteiger charge is 2.31. The summed E-state index contributed by atoms with van der Waals surface area (Å²) in [5, 5.41) is 6.04. The van der Waals surface area contributed by atoms with Crippen molar-refractivity contribution >= 4 is 11.6 Å². The average Bonchev–Trinajstić information content (AvgIpc) is 2.76. The SMILES string of the molecule is O=C(CC(F)(F)F)Nc1cnn(-c2cccnc2)c1. The van der Waals surface area contributed by atoms with Crippen LogP contribution in [0.4, 0.5) is 18.9 Å². The van der Waals surface area contributed by atoms with Crippen molar-refractivity contribution in [3.63, 3.8) is 0 Å². The average molecular weight is 270 g/mol. The molecule has 100 valence electrons. The van der Waals surface area contributed by atoms with E-state index in [9.17, 15) is 18.0 Å². The first kappa shape index (κ1) is 13.1. The van der Waals surface area contributed by atoms with Crippen LogP contribution in [0.1, 0.15) is 6.42 Å². The standard InChI is InChI=1S/C11H9F3N4O/c12-11(13,14)4-10(19)17-8-5-16-18(7-8)9-2-1-3-15-6-9/h1-3,5-7H,4H2,(H,17,19). The third kappa shape index (κ3) is 3.80. The number of rotatable bonds is 3. The van der Waals surface area contributed by atoms with Gasteiger partial charge in [-0.2, -0.15) is 18.3 Å². The predicted molar refractivity (Wildman–Crippen MR) is 60.7 cm³/mol. The molecule has 5 nitrogen and oxygen atoms in total. The fourth-order valence-corrected chi connectivity index (χ4v) is 1.41. The Balaban J connectivity index is 2.04. The van der Waals surface area contributed by atoms with Gasteiger partial charge in [-0.05, 0) is 12.1 Å². The van der Waals surface area contributed by atoms with Gasteiger partial charge in [-0.25, -0.2) is 4.68 Å². The first-order valence-corrected chi connectivity index (χ1v) is 5.26. The molecule has 2 rings (SSSR count). The molecule has 2 aromatic heterocycles. The van der Waals surface area contributed by atoms with Crippen LogP contribution >= 0.6 is 0 Å². The Bertz CT molecular complexity index is 565. The van der Waals surface area contributed by atoms with Crippen LogP contribution in [0.15, 0.2) is 36.9 Å². The molecule has 0 aliphatic rings. The van der Waals surface area contributed by atoms with E-state index >= 15 is 0 Å². The van der Waals surface area contributed by atoms with Crippen molar-refractivity contribution in [2.24, 2.45) is 0 Å². The van der Waals surface area contributed by atoms with Crippen molar-refractivity contribution in [2.75, 3.05) is 5.32 Å². The summed E-state index contributed by atoms with van der Waals surface area (Å²) in [6.07, 6.45) is -0.256. The lowest BCUT2D eigenvalue weighted by Gasteiger charge is -2.05. The van der Waals surface area contributed by atoms with Crippen molar-refractivity contribution in [1.29, 1.82) is 0 Å². The molecule has 0 spiro atoms. The van der Waals surface area contributed by atoms with Gasteiger partial charge in [0.05, 0.1) is 30.0 Å². The largest absolute Gasteiger partial charge is 0.397 e. The van der Waals surface area contributed by atoms with E-state index in [0.29, 0.717) is 5.69 Å². The number of alkyl halides is 3. The molecule has 0 saturated heterocycles. The van der Waals surface area contributed by atoms with Gasteiger partial charge in [0, 0.05) is 6.20 Å². The van der Waals surface area contributed by atoms with Gasteiger partial charge in [0.15, 0.2) is 0 Å². The summed E-state index contributed by atoms with van der Waals surface area (Å²) in [5.41, 5.74) is 0.830. The number of nitrogens with zero attached hydrogens (tertiary/aromatic N) is 3. The zero-order valence-corrected chi connectivity index (χ0v) is 9.55. The Morgan fingerprint density at radius 1 is 1.37 bits per heavy atom. The molecule has 0 atom stereocenters. The minimum atomic E-state index is -4.52. The maximum atomic E-state index is 12.0. The number of halogens is 3. The minimum Gasteiger partial charge on any atom is -0.323 e. The zero-order chi connectivity index (χ0) is 13.9. The third-order valence-electron chi connectivity index (χ3n) is 2.14. The number of pyridine rings is 1. The molecule has 2 aromatic rings. The lowest BCUT2D eigenvalue weighted by Crippen LogP contribution is -2.20. The highest BCUT2D eigenvalue weighted by Crippen LogP contribution is 2.20. The van der Waals surface area contributed by atoms with Crippen LogP contribution in [0.3, 0.4) is 0 Å². The van der Waals surface area contributed by atoms with Crippen molar-refractivity contribution in [2.45, 2.75) is 12.6 Å². The normalized spacial score (nSPS) is 11.3. The van der Waals surface area contributed by atoms with Crippen LogP contribution in [0.25, 0.3) is 5.69 Å². The molecule has 0 aliphatic carbocycles.